The summed E-state index contributed by atoms with van der Waals surface area (Å²) in [5.74, 6) is -0.240. The molecule has 1 aromatic carbocycles. The van der Waals surface area contributed by atoms with Crippen molar-refractivity contribution in [2.45, 2.75) is 39.4 Å². The highest BCUT2D eigenvalue weighted by atomic mass is 16.6. The predicted molar refractivity (Wildman–Crippen MR) is 75.0 cm³/mol. The number of benzene rings is 1. The van der Waals surface area contributed by atoms with Gasteiger partial charge in [-0.25, -0.2) is 4.79 Å². The summed E-state index contributed by atoms with van der Waals surface area (Å²) in [5, 5.41) is 20.0. The van der Waals surface area contributed by atoms with Gasteiger partial charge in [0.15, 0.2) is 6.10 Å². The number of nitrogens with zero attached hydrogens (tertiary/aromatic N) is 1. The van der Waals surface area contributed by atoms with Crippen LogP contribution in [0.4, 0.5) is 5.69 Å². The van der Waals surface area contributed by atoms with Crippen molar-refractivity contribution in [3.63, 3.8) is 0 Å². The van der Waals surface area contributed by atoms with Gasteiger partial charge < -0.3 is 14.6 Å². The normalized spacial score (nSPS) is 11.8. The Morgan fingerprint density at radius 1 is 1.43 bits per heavy atom. The number of ether oxygens (including phenoxy) is 2. The predicted octanol–water partition coefficient (Wildman–Crippen LogP) is 2.20. The second kappa shape index (κ2) is 8.21. The van der Waals surface area contributed by atoms with E-state index in [1.165, 1.54) is 18.2 Å². The van der Waals surface area contributed by atoms with Crippen molar-refractivity contribution < 1.29 is 24.3 Å². The maximum absolute atomic E-state index is 11.8. The molecule has 1 N–H and O–H groups in total. The minimum absolute atomic E-state index is 0.144. The Morgan fingerprint density at radius 3 is 2.67 bits per heavy atom. The lowest BCUT2D eigenvalue weighted by atomic mass is 10.1. The lowest BCUT2D eigenvalue weighted by Crippen LogP contribution is -2.29. The Balaban J connectivity index is 2.97. The monoisotopic (exact) mass is 297 g/mol. The van der Waals surface area contributed by atoms with E-state index in [-0.39, 0.29) is 23.6 Å². The number of nitro groups is 1. The third-order valence-electron chi connectivity index (χ3n) is 2.79. The Bertz CT molecular complexity index is 502. The molecule has 116 valence electrons. The van der Waals surface area contributed by atoms with E-state index in [1.54, 1.807) is 6.92 Å². The topological polar surface area (TPSA) is 98.9 Å². The van der Waals surface area contributed by atoms with E-state index in [2.05, 4.69) is 0 Å². The number of nitro benzene ring substituents is 1. The molecule has 0 heterocycles. The first-order valence-corrected chi connectivity index (χ1v) is 6.74. The van der Waals surface area contributed by atoms with Gasteiger partial charge in [0.1, 0.15) is 5.75 Å². The molecule has 1 unspecified atom stereocenters. The molecule has 1 rings (SSSR count). The number of hydrogen-bond acceptors (Lipinski definition) is 6. The molecule has 21 heavy (non-hydrogen) atoms. The number of hydrogen-bond donors (Lipinski definition) is 1. The molecule has 0 spiro atoms. The molecule has 0 amide bonds. The SMILES string of the molecule is CCCC(Oc1ccc([N+](=O)[O-])cc1CO)C(=O)OCC. The molecule has 1 atom stereocenters. The Labute approximate surface area is 122 Å². The molecule has 7 heteroatoms. The van der Waals surface area contributed by atoms with Crippen molar-refractivity contribution in [3.8, 4) is 5.75 Å². The zero-order chi connectivity index (χ0) is 15.8. The van der Waals surface area contributed by atoms with Crippen molar-refractivity contribution in [2.24, 2.45) is 0 Å². The van der Waals surface area contributed by atoms with Crippen molar-refractivity contribution in [3.05, 3.63) is 33.9 Å². The first-order chi connectivity index (χ1) is 10.0. The summed E-state index contributed by atoms with van der Waals surface area (Å²) in [4.78, 5) is 21.9. The van der Waals surface area contributed by atoms with Gasteiger partial charge in [-0.1, -0.05) is 13.3 Å². The highest BCUT2D eigenvalue weighted by Gasteiger charge is 2.22. The molecule has 1 aromatic rings. The highest BCUT2D eigenvalue weighted by Crippen LogP contribution is 2.26. The molecule has 0 aliphatic heterocycles. The van der Waals surface area contributed by atoms with Crippen LogP contribution in [0.3, 0.4) is 0 Å². The molecule has 0 bridgehead atoms. The number of non-ortho nitro benzene ring substituents is 1. The van der Waals surface area contributed by atoms with E-state index in [0.717, 1.165) is 0 Å². The number of rotatable bonds is 8. The van der Waals surface area contributed by atoms with Crippen LogP contribution in [0.2, 0.25) is 0 Å². The lowest BCUT2D eigenvalue weighted by molar-refractivity contribution is -0.385. The standard InChI is InChI=1S/C14H19NO6/c1-3-5-13(14(17)20-4-2)21-12-7-6-11(15(18)19)8-10(12)9-16/h6-8,13,16H,3-5,9H2,1-2H3. The second-order valence-corrected chi connectivity index (χ2v) is 4.35. The van der Waals surface area contributed by atoms with Crippen LogP contribution >= 0.6 is 0 Å². The zero-order valence-corrected chi connectivity index (χ0v) is 12.1. The molecule has 0 saturated heterocycles. The van der Waals surface area contributed by atoms with Gasteiger partial charge in [0.05, 0.1) is 18.1 Å². The lowest BCUT2D eigenvalue weighted by Gasteiger charge is -2.18. The van der Waals surface area contributed by atoms with Crippen LogP contribution in [0.25, 0.3) is 0 Å². The summed E-state index contributed by atoms with van der Waals surface area (Å²) in [7, 11) is 0. The second-order valence-electron chi connectivity index (χ2n) is 4.35. The maximum atomic E-state index is 11.8. The van der Waals surface area contributed by atoms with Gasteiger partial charge in [0.25, 0.3) is 5.69 Å². The van der Waals surface area contributed by atoms with E-state index in [4.69, 9.17) is 9.47 Å². The summed E-state index contributed by atoms with van der Waals surface area (Å²) in [5.41, 5.74) is 0.115. The fraction of sp³-hybridized carbons (Fsp3) is 0.500. The fourth-order valence-electron chi connectivity index (χ4n) is 1.79. The van der Waals surface area contributed by atoms with Gasteiger partial charge in [-0.05, 0) is 19.4 Å². The van der Waals surface area contributed by atoms with Gasteiger partial charge in [-0.2, -0.15) is 0 Å². The van der Waals surface area contributed by atoms with Gasteiger partial charge in [0.2, 0.25) is 0 Å². The third kappa shape index (κ3) is 4.71. The molecule has 0 saturated carbocycles. The van der Waals surface area contributed by atoms with Crippen molar-refractivity contribution >= 4 is 11.7 Å². The van der Waals surface area contributed by atoms with Crippen LogP contribution in [-0.2, 0) is 16.1 Å². The van der Waals surface area contributed by atoms with E-state index in [9.17, 15) is 20.0 Å². The van der Waals surface area contributed by atoms with Gasteiger partial charge in [0, 0.05) is 17.7 Å². The third-order valence-corrected chi connectivity index (χ3v) is 2.79. The van der Waals surface area contributed by atoms with E-state index in [1.807, 2.05) is 6.92 Å². The van der Waals surface area contributed by atoms with Gasteiger partial charge in [-0.15, -0.1) is 0 Å². The average Bonchev–Trinajstić information content (AvgIpc) is 2.47. The van der Waals surface area contributed by atoms with Crippen LogP contribution in [0, 0.1) is 10.1 Å². The smallest absolute Gasteiger partial charge is 0.347 e. The largest absolute Gasteiger partial charge is 0.478 e. The molecular formula is C14H19NO6. The van der Waals surface area contributed by atoms with Crippen molar-refractivity contribution in [1.82, 2.24) is 0 Å². The van der Waals surface area contributed by atoms with E-state index >= 15 is 0 Å². The maximum Gasteiger partial charge on any atom is 0.347 e. The summed E-state index contributed by atoms with van der Waals surface area (Å²) in [6, 6.07) is 3.87. The number of carbonyl (C=O) groups is 1. The van der Waals surface area contributed by atoms with Crippen LogP contribution in [-0.4, -0.2) is 28.7 Å². The summed E-state index contributed by atoms with van der Waals surface area (Å²) >= 11 is 0. The summed E-state index contributed by atoms with van der Waals surface area (Å²) < 4.78 is 10.5. The molecule has 0 aliphatic carbocycles. The van der Waals surface area contributed by atoms with Gasteiger partial charge in [-0.3, -0.25) is 10.1 Å². The highest BCUT2D eigenvalue weighted by molar-refractivity contribution is 5.75. The van der Waals surface area contributed by atoms with E-state index in [0.29, 0.717) is 12.8 Å². The molecule has 0 aromatic heterocycles. The molecule has 0 fully saturated rings. The Morgan fingerprint density at radius 2 is 2.14 bits per heavy atom. The first kappa shape index (κ1) is 16.9. The molecular weight excluding hydrogens is 278 g/mol. The van der Waals surface area contributed by atoms with Crippen LogP contribution < -0.4 is 4.74 Å². The van der Waals surface area contributed by atoms with E-state index < -0.39 is 23.6 Å². The summed E-state index contributed by atoms with van der Waals surface area (Å²) in [6.07, 6.45) is 0.382. The van der Waals surface area contributed by atoms with Crippen LogP contribution in [0.15, 0.2) is 18.2 Å². The Kier molecular flexibility index (Phi) is 6.61. The zero-order valence-electron chi connectivity index (χ0n) is 12.1. The molecule has 0 aliphatic rings. The first-order valence-electron chi connectivity index (χ1n) is 6.74. The van der Waals surface area contributed by atoms with Crippen LogP contribution in [0.5, 0.6) is 5.75 Å². The summed E-state index contributed by atoms with van der Waals surface area (Å²) in [6.45, 7) is 3.43. The molecule has 0 radical (unpaired) electrons. The van der Waals surface area contributed by atoms with Gasteiger partial charge >= 0.3 is 5.97 Å². The fourth-order valence-corrected chi connectivity index (χ4v) is 1.79. The van der Waals surface area contributed by atoms with Crippen molar-refractivity contribution in [1.29, 1.82) is 0 Å². The van der Waals surface area contributed by atoms with Crippen LogP contribution in [0.1, 0.15) is 32.3 Å². The quantitative estimate of drug-likeness (QED) is 0.448. The molecule has 7 nitrogen and oxygen atoms in total. The van der Waals surface area contributed by atoms with Crippen molar-refractivity contribution in [2.75, 3.05) is 6.61 Å². The number of carbonyl (C=O) groups excluding carboxylic acids is 1. The average molecular weight is 297 g/mol. The Hall–Kier alpha value is -2.15. The minimum Gasteiger partial charge on any atom is -0.478 e. The number of aliphatic hydroxyl groups is 1. The number of aliphatic hydroxyl groups excluding tert-OH is 1. The number of esters is 1. The minimum atomic E-state index is -0.790.